The minimum Gasteiger partial charge on any atom is -0.254 e. The van der Waals surface area contributed by atoms with Gasteiger partial charge in [-0.05, 0) is 45.2 Å². The van der Waals surface area contributed by atoms with Crippen molar-refractivity contribution in [3.63, 3.8) is 0 Å². The lowest BCUT2D eigenvalue weighted by atomic mass is 9.97. The van der Waals surface area contributed by atoms with Crippen molar-refractivity contribution in [2.24, 2.45) is 0 Å². The highest BCUT2D eigenvalue weighted by Crippen LogP contribution is 2.34. The lowest BCUT2D eigenvalue weighted by Gasteiger charge is -2.11. The van der Waals surface area contributed by atoms with E-state index in [1.165, 1.54) is 33.0 Å². The number of hydrogen-bond acceptors (Lipinski definition) is 2. The number of rotatable bonds is 2. The fourth-order valence-electron chi connectivity index (χ4n) is 4.70. The molecule has 0 amide bonds. The van der Waals surface area contributed by atoms with E-state index in [4.69, 9.17) is 0 Å². The van der Waals surface area contributed by atoms with E-state index in [2.05, 4.69) is 131 Å². The zero-order valence-electron chi connectivity index (χ0n) is 19.8. The number of nitrogens with zero attached hydrogens (tertiary/aromatic N) is 2. The van der Waals surface area contributed by atoms with Crippen molar-refractivity contribution in [3.8, 4) is 22.3 Å². The van der Waals surface area contributed by atoms with Crippen molar-refractivity contribution in [2.45, 2.75) is 0 Å². The maximum absolute atomic E-state index is 4.67. The third-order valence-corrected chi connectivity index (χ3v) is 6.45. The fourth-order valence-corrected chi connectivity index (χ4v) is 4.70. The van der Waals surface area contributed by atoms with Gasteiger partial charge in [-0.3, -0.25) is 9.97 Å². The van der Waals surface area contributed by atoms with Crippen LogP contribution in [0.3, 0.4) is 0 Å². The van der Waals surface area contributed by atoms with E-state index in [0.29, 0.717) is 0 Å². The topological polar surface area (TPSA) is 25.8 Å². The van der Waals surface area contributed by atoms with Crippen molar-refractivity contribution < 1.29 is 0 Å². The van der Waals surface area contributed by atoms with Crippen LogP contribution in [0, 0.1) is 0 Å². The Bertz CT molecular complexity index is 1610. The molecule has 0 aliphatic rings. The Hall–Kier alpha value is -4.82. The molecule has 0 N–H and O–H groups in total. The molecular weight excluding hydrogens is 436 g/mol. The maximum Gasteiger partial charge on any atom is 0.0970 e. The summed E-state index contributed by atoms with van der Waals surface area (Å²) in [5.41, 5.74) is 6.65. The molecule has 0 spiro atoms. The third kappa shape index (κ3) is 4.21. The zero-order chi connectivity index (χ0) is 24.2. The Morgan fingerprint density at radius 2 is 0.694 bits per heavy atom. The fraction of sp³-hybridized carbons (Fsp3) is 0. The predicted molar refractivity (Wildman–Crippen MR) is 152 cm³/mol. The number of aromatic nitrogens is 2. The van der Waals surface area contributed by atoms with Gasteiger partial charge in [0.05, 0.1) is 11.0 Å². The summed E-state index contributed by atoms with van der Waals surface area (Å²) in [7, 11) is 0. The number of benzene rings is 5. The Balaban J connectivity index is 0.000000200. The molecule has 7 rings (SSSR count). The van der Waals surface area contributed by atoms with Crippen molar-refractivity contribution in [3.05, 3.63) is 146 Å². The molecule has 2 aromatic heterocycles. The van der Waals surface area contributed by atoms with Gasteiger partial charge in [0, 0.05) is 23.2 Å². The minimum atomic E-state index is 0.946. The molecule has 2 nitrogen and oxygen atoms in total. The summed E-state index contributed by atoms with van der Waals surface area (Å²) in [6, 6.07) is 46.1. The SMILES string of the molecule is c1ccc(-c2ccnc3c2ccc2c(-c4ccccc4)ccnc23)cc1.c1ccc2ccccc2c1. The van der Waals surface area contributed by atoms with Gasteiger partial charge in [-0.1, -0.05) is 121 Å². The first kappa shape index (κ1) is 21.7. The number of hydrogen-bond donors (Lipinski definition) is 0. The van der Waals surface area contributed by atoms with E-state index < -0.39 is 0 Å². The predicted octanol–water partition coefficient (Wildman–Crippen LogP) is 8.96. The second kappa shape index (κ2) is 9.81. The molecule has 0 atom stereocenters. The molecule has 0 saturated carbocycles. The first-order valence-electron chi connectivity index (χ1n) is 12.1. The Morgan fingerprint density at radius 1 is 0.333 bits per heavy atom. The quantitative estimate of drug-likeness (QED) is 0.241. The van der Waals surface area contributed by atoms with Crippen molar-refractivity contribution in [1.29, 1.82) is 0 Å². The smallest absolute Gasteiger partial charge is 0.0970 e. The van der Waals surface area contributed by atoms with Crippen LogP contribution < -0.4 is 0 Å². The van der Waals surface area contributed by atoms with Gasteiger partial charge in [-0.2, -0.15) is 0 Å². The molecule has 0 unspecified atom stereocenters. The van der Waals surface area contributed by atoms with Gasteiger partial charge < -0.3 is 0 Å². The molecule has 2 heteroatoms. The van der Waals surface area contributed by atoms with Crippen LogP contribution in [0.25, 0.3) is 54.8 Å². The summed E-state index contributed by atoms with van der Waals surface area (Å²) in [5, 5.41) is 4.88. The van der Waals surface area contributed by atoms with Gasteiger partial charge in [0.2, 0.25) is 0 Å². The van der Waals surface area contributed by atoms with Crippen LogP contribution in [-0.4, -0.2) is 9.97 Å². The number of fused-ring (bicyclic) bond motifs is 4. The van der Waals surface area contributed by atoms with Gasteiger partial charge in [0.15, 0.2) is 0 Å². The van der Waals surface area contributed by atoms with E-state index in [1.54, 1.807) is 0 Å². The largest absolute Gasteiger partial charge is 0.254 e. The minimum absolute atomic E-state index is 0.946. The molecule has 0 radical (unpaired) electrons. The van der Waals surface area contributed by atoms with E-state index in [-0.39, 0.29) is 0 Å². The van der Waals surface area contributed by atoms with Gasteiger partial charge in [-0.25, -0.2) is 0 Å². The van der Waals surface area contributed by atoms with E-state index >= 15 is 0 Å². The van der Waals surface area contributed by atoms with Crippen molar-refractivity contribution in [2.75, 3.05) is 0 Å². The molecule has 0 aliphatic heterocycles. The highest BCUT2D eigenvalue weighted by molar-refractivity contribution is 6.11. The lowest BCUT2D eigenvalue weighted by molar-refractivity contribution is 1.37. The average molecular weight is 461 g/mol. The van der Waals surface area contributed by atoms with Crippen LogP contribution in [-0.2, 0) is 0 Å². The van der Waals surface area contributed by atoms with Crippen LogP contribution in [0.4, 0.5) is 0 Å². The van der Waals surface area contributed by atoms with Gasteiger partial charge in [-0.15, -0.1) is 0 Å². The molecule has 0 aliphatic carbocycles. The molecule has 36 heavy (non-hydrogen) atoms. The average Bonchev–Trinajstić information content (AvgIpc) is 2.98. The highest BCUT2D eigenvalue weighted by Gasteiger charge is 2.11. The molecule has 0 fully saturated rings. The van der Waals surface area contributed by atoms with Crippen LogP contribution in [0.5, 0.6) is 0 Å². The molecule has 7 aromatic rings. The molecule has 0 saturated heterocycles. The van der Waals surface area contributed by atoms with E-state index in [9.17, 15) is 0 Å². The molecule has 5 aromatic carbocycles. The second-order valence-corrected chi connectivity index (χ2v) is 8.65. The first-order chi connectivity index (χ1) is 17.9. The van der Waals surface area contributed by atoms with Gasteiger partial charge in [0.25, 0.3) is 0 Å². The highest BCUT2D eigenvalue weighted by atomic mass is 14.7. The monoisotopic (exact) mass is 460 g/mol. The summed E-state index contributed by atoms with van der Waals surface area (Å²) in [4.78, 5) is 9.34. The van der Waals surface area contributed by atoms with E-state index in [1.807, 2.05) is 24.5 Å². The van der Waals surface area contributed by atoms with Crippen molar-refractivity contribution >= 4 is 32.6 Å². The first-order valence-corrected chi connectivity index (χ1v) is 12.1. The normalized spacial score (nSPS) is 10.8. The Kier molecular flexibility index (Phi) is 5.91. The standard InChI is InChI=1S/C24H16N2.C10H8/c1-3-7-17(8-4-1)19-13-15-25-23-21(19)11-12-22-20(14-16-26-24(22)23)18-9-5-2-6-10-18;1-2-6-10-8-4-3-7-9(10)5-1/h1-16H;1-8H. The van der Waals surface area contributed by atoms with Crippen LogP contribution in [0.1, 0.15) is 0 Å². The van der Waals surface area contributed by atoms with Crippen molar-refractivity contribution in [1.82, 2.24) is 9.97 Å². The summed E-state index contributed by atoms with van der Waals surface area (Å²) in [6.45, 7) is 0. The zero-order valence-corrected chi connectivity index (χ0v) is 19.8. The summed E-state index contributed by atoms with van der Waals surface area (Å²) >= 11 is 0. The van der Waals surface area contributed by atoms with Crippen LogP contribution >= 0.6 is 0 Å². The van der Waals surface area contributed by atoms with Gasteiger partial charge >= 0.3 is 0 Å². The molecular formula is C34H24N2. The molecule has 2 heterocycles. The van der Waals surface area contributed by atoms with E-state index in [0.717, 1.165) is 21.8 Å². The summed E-state index contributed by atoms with van der Waals surface area (Å²) in [5.74, 6) is 0. The summed E-state index contributed by atoms with van der Waals surface area (Å²) in [6.07, 6.45) is 3.75. The Morgan fingerprint density at radius 3 is 1.08 bits per heavy atom. The van der Waals surface area contributed by atoms with Crippen LogP contribution in [0.2, 0.25) is 0 Å². The second-order valence-electron chi connectivity index (χ2n) is 8.65. The third-order valence-electron chi connectivity index (χ3n) is 6.45. The Labute approximate surface area is 210 Å². The number of pyridine rings is 2. The molecule has 170 valence electrons. The maximum atomic E-state index is 4.67. The molecule has 0 bridgehead atoms. The summed E-state index contributed by atoms with van der Waals surface area (Å²) < 4.78 is 0. The van der Waals surface area contributed by atoms with Crippen LogP contribution in [0.15, 0.2) is 146 Å². The lowest BCUT2D eigenvalue weighted by Crippen LogP contribution is -1.90. The van der Waals surface area contributed by atoms with Gasteiger partial charge in [0.1, 0.15) is 0 Å².